The Morgan fingerprint density at radius 3 is 2.17 bits per heavy atom. The summed E-state index contributed by atoms with van der Waals surface area (Å²) in [6.45, 7) is 3.66. The van der Waals surface area contributed by atoms with Gasteiger partial charge < -0.3 is 4.74 Å². The van der Waals surface area contributed by atoms with Gasteiger partial charge in [-0.2, -0.15) is 5.26 Å². The number of hydrogen-bond acceptors (Lipinski definition) is 4. The number of ketones is 1. The van der Waals surface area contributed by atoms with Crippen LogP contribution in [0.5, 0.6) is 0 Å². The molecule has 1 atom stereocenters. The minimum absolute atomic E-state index is 0.236. The molecule has 0 aliphatic rings. The maximum atomic E-state index is 12.4. The molecule has 0 aliphatic heterocycles. The zero-order chi connectivity index (χ0) is 17.5. The molecule has 0 heterocycles. The molecule has 0 amide bonds. The molecule has 0 bridgehead atoms. The molecule has 4 heteroatoms. The van der Waals surface area contributed by atoms with E-state index in [0.717, 1.165) is 12.8 Å². The largest absolute Gasteiger partial charge is 0.451 e. The van der Waals surface area contributed by atoms with Crippen LogP contribution in [0.15, 0.2) is 48.5 Å². The summed E-state index contributed by atoms with van der Waals surface area (Å²) in [5.41, 5.74) is 2.47. The van der Waals surface area contributed by atoms with E-state index < -0.39 is 12.1 Å². The maximum Gasteiger partial charge on any atom is 0.338 e. The van der Waals surface area contributed by atoms with Crippen LogP contribution in [0.2, 0.25) is 0 Å². The molecule has 24 heavy (non-hydrogen) atoms. The Balaban J connectivity index is 2.02. The Kier molecular flexibility index (Phi) is 5.86. The van der Waals surface area contributed by atoms with Gasteiger partial charge in [0.25, 0.3) is 0 Å². The highest BCUT2D eigenvalue weighted by atomic mass is 16.5. The van der Waals surface area contributed by atoms with Gasteiger partial charge in [-0.3, -0.25) is 4.79 Å². The van der Waals surface area contributed by atoms with Crippen molar-refractivity contribution in [3.63, 3.8) is 0 Å². The van der Waals surface area contributed by atoms with E-state index >= 15 is 0 Å². The summed E-state index contributed by atoms with van der Waals surface area (Å²) in [7, 11) is 0. The average molecular weight is 321 g/mol. The zero-order valence-corrected chi connectivity index (χ0v) is 13.8. The van der Waals surface area contributed by atoms with Crippen molar-refractivity contribution >= 4 is 11.8 Å². The molecular weight excluding hydrogens is 302 g/mol. The van der Waals surface area contributed by atoms with Crippen LogP contribution in [-0.4, -0.2) is 17.9 Å². The van der Waals surface area contributed by atoms with Crippen molar-refractivity contribution < 1.29 is 14.3 Å². The van der Waals surface area contributed by atoms with E-state index in [4.69, 9.17) is 10.00 Å². The molecule has 0 aromatic heterocycles. The molecule has 2 aromatic carbocycles. The number of esters is 1. The third-order valence-corrected chi connectivity index (χ3v) is 3.68. The third-order valence-electron chi connectivity index (χ3n) is 3.68. The first-order valence-electron chi connectivity index (χ1n) is 7.89. The molecule has 0 fully saturated rings. The first-order valence-corrected chi connectivity index (χ1v) is 7.89. The molecule has 0 unspecified atom stereocenters. The van der Waals surface area contributed by atoms with E-state index in [-0.39, 0.29) is 5.78 Å². The summed E-state index contributed by atoms with van der Waals surface area (Å²) in [5.74, 6) is -0.817. The van der Waals surface area contributed by atoms with Crippen molar-refractivity contribution in [3.8, 4) is 6.07 Å². The number of rotatable bonds is 6. The standard InChI is InChI=1S/C20H19NO3/c1-3-4-15-5-9-17(10-6-15)19(22)14(2)24-20(23)18-11-7-16(13-21)8-12-18/h5-12,14H,3-4H2,1-2H3/t14-/m0/s1. The number of hydrogen-bond donors (Lipinski definition) is 0. The third kappa shape index (κ3) is 4.30. The molecule has 2 rings (SSSR count). The van der Waals surface area contributed by atoms with Gasteiger partial charge in [-0.1, -0.05) is 37.6 Å². The van der Waals surface area contributed by atoms with E-state index in [0.29, 0.717) is 16.7 Å². The van der Waals surface area contributed by atoms with Crippen molar-refractivity contribution in [2.24, 2.45) is 0 Å². The van der Waals surface area contributed by atoms with Gasteiger partial charge in [0, 0.05) is 5.56 Å². The van der Waals surface area contributed by atoms with Crippen molar-refractivity contribution in [1.82, 2.24) is 0 Å². The van der Waals surface area contributed by atoms with Gasteiger partial charge in [0.2, 0.25) is 5.78 Å². The van der Waals surface area contributed by atoms with Crippen molar-refractivity contribution in [2.75, 3.05) is 0 Å². The summed E-state index contributed by atoms with van der Waals surface area (Å²) < 4.78 is 5.23. The van der Waals surface area contributed by atoms with Crippen LogP contribution >= 0.6 is 0 Å². The Hall–Kier alpha value is -2.93. The summed E-state index contributed by atoms with van der Waals surface area (Å²) in [6, 6.07) is 15.4. The van der Waals surface area contributed by atoms with Gasteiger partial charge in [0.15, 0.2) is 6.10 Å². The first-order chi connectivity index (χ1) is 11.5. The van der Waals surface area contributed by atoms with Crippen LogP contribution in [0.1, 0.15) is 52.1 Å². The minimum atomic E-state index is -0.870. The van der Waals surface area contributed by atoms with Crippen LogP contribution in [0.4, 0.5) is 0 Å². The molecule has 4 nitrogen and oxygen atoms in total. The fraction of sp³-hybridized carbons (Fsp3) is 0.250. The number of carbonyl (C=O) groups excluding carboxylic acids is 2. The lowest BCUT2D eigenvalue weighted by Gasteiger charge is -2.12. The van der Waals surface area contributed by atoms with E-state index in [2.05, 4.69) is 6.92 Å². The molecule has 0 saturated carbocycles. The highest BCUT2D eigenvalue weighted by Crippen LogP contribution is 2.12. The van der Waals surface area contributed by atoms with Crippen LogP contribution in [0.3, 0.4) is 0 Å². The number of carbonyl (C=O) groups is 2. The highest BCUT2D eigenvalue weighted by Gasteiger charge is 2.20. The van der Waals surface area contributed by atoms with Crippen molar-refractivity contribution in [2.45, 2.75) is 32.8 Å². The fourth-order valence-electron chi connectivity index (χ4n) is 2.32. The molecule has 122 valence electrons. The molecule has 0 saturated heterocycles. The molecule has 0 spiro atoms. The van der Waals surface area contributed by atoms with Gasteiger partial charge in [-0.15, -0.1) is 0 Å². The highest BCUT2D eigenvalue weighted by molar-refractivity contribution is 6.01. The first kappa shape index (κ1) is 17.4. The van der Waals surface area contributed by atoms with Gasteiger partial charge >= 0.3 is 5.97 Å². The van der Waals surface area contributed by atoms with Crippen LogP contribution in [-0.2, 0) is 11.2 Å². The Morgan fingerprint density at radius 1 is 1.04 bits per heavy atom. The predicted octanol–water partition coefficient (Wildman–Crippen LogP) is 3.94. The van der Waals surface area contributed by atoms with E-state index in [1.54, 1.807) is 19.1 Å². The molecule has 0 aliphatic carbocycles. The quantitative estimate of drug-likeness (QED) is 0.597. The monoisotopic (exact) mass is 321 g/mol. The van der Waals surface area contributed by atoms with Crippen LogP contribution in [0, 0.1) is 11.3 Å². The number of nitriles is 1. The smallest absolute Gasteiger partial charge is 0.338 e. The van der Waals surface area contributed by atoms with Crippen LogP contribution in [0.25, 0.3) is 0 Å². The summed E-state index contributed by atoms with van der Waals surface area (Å²) in [4.78, 5) is 24.4. The second kappa shape index (κ2) is 8.07. The number of nitrogens with zero attached hydrogens (tertiary/aromatic N) is 1. The molecular formula is C20H19NO3. The lowest BCUT2D eigenvalue weighted by molar-refractivity contribution is 0.0319. The SMILES string of the molecule is CCCc1ccc(C(=O)[C@H](C)OC(=O)c2ccc(C#N)cc2)cc1. The topological polar surface area (TPSA) is 67.2 Å². The lowest BCUT2D eigenvalue weighted by Crippen LogP contribution is -2.24. The number of aryl methyl sites for hydroxylation is 1. The fourth-order valence-corrected chi connectivity index (χ4v) is 2.32. The van der Waals surface area contributed by atoms with Gasteiger partial charge in [0.1, 0.15) is 0 Å². The number of ether oxygens (including phenoxy) is 1. The molecule has 2 aromatic rings. The van der Waals surface area contributed by atoms with Crippen LogP contribution < -0.4 is 0 Å². The van der Waals surface area contributed by atoms with Crippen molar-refractivity contribution in [1.29, 1.82) is 5.26 Å². The second-order valence-corrected chi connectivity index (χ2v) is 5.55. The Labute approximate surface area is 141 Å². The molecule has 0 N–H and O–H groups in total. The number of benzene rings is 2. The Morgan fingerprint density at radius 2 is 1.62 bits per heavy atom. The predicted molar refractivity (Wildman–Crippen MR) is 90.8 cm³/mol. The lowest BCUT2D eigenvalue weighted by atomic mass is 10.0. The van der Waals surface area contributed by atoms with E-state index in [9.17, 15) is 9.59 Å². The van der Waals surface area contributed by atoms with Gasteiger partial charge in [-0.25, -0.2) is 4.79 Å². The second-order valence-electron chi connectivity index (χ2n) is 5.55. The summed E-state index contributed by atoms with van der Waals surface area (Å²) >= 11 is 0. The molecule has 0 radical (unpaired) electrons. The van der Waals surface area contributed by atoms with Gasteiger partial charge in [0.05, 0.1) is 17.2 Å². The van der Waals surface area contributed by atoms with Crippen molar-refractivity contribution in [3.05, 3.63) is 70.8 Å². The minimum Gasteiger partial charge on any atom is -0.451 e. The van der Waals surface area contributed by atoms with E-state index in [1.807, 2.05) is 18.2 Å². The maximum absolute atomic E-state index is 12.4. The number of Topliss-reactive ketones (excluding diaryl/α,β-unsaturated/α-hetero) is 1. The zero-order valence-electron chi connectivity index (χ0n) is 13.8. The summed E-state index contributed by atoms with van der Waals surface area (Å²) in [5, 5.41) is 8.75. The van der Waals surface area contributed by atoms with Gasteiger partial charge in [-0.05, 0) is 43.2 Å². The normalized spacial score (nSPS) is 11.4. The average Bonchev–Trinajstić information content (AvgIpc) is 2.62. The Bertz CT molecular complexity index is 755. The van der Waals surface area contributed by atoms with E-state index in [1.165, 1.54) is 29.8 Å². The summed E-state index contributed by atoms with van der Waals surface area (Å²) in [6.07, 6.45) is 1.15.